The Hall–Kier alpha value is -3.97. The van der Waals surface area contributed by atoms with Crippen LogP contribution < -0.4 is 27.5 Å². The number of primary amides is 1. The molecule has 144 valence electrons. The van der Waals surface area contributed by atoms with Crippen molar-refractivity contribution in [2.75, 3.05) is 22.6 Å². The largest absolute Gasteiger partial charge is 0.365 e. The molecular weight excluding hydrogens is 358 g/mol. The molecule has 1 aromatic heterocycles. The predicted octanol–water partition coefficient (Wildman–Crippen LogP) is 1.60. The fourth-order valence-electron chi connectivity index (χ4n) is 2.24. The molecule has 1 amide bonds. The summed E-state index contributed by atoms with van der Waals surface area (Å²) in [6.45, 7) is 2.19. The molecule has 0 bridgehead atoms. The number of hydrogen-bond acceptors (Lipinski definition) is 9. The van der Waals surface area contributed by atoms with Crippen molar-refractivity contribution < 1.29 is 4.79 Å². The lowest BCUT2D eigenvalue weighted by atomic mass is 10.1. The van der Waals surface area contributed by atoms with E-state index in [0.717, 1.165) is 6.21 Å². The molecule has 0 radical (unpaired) electrons. The first-order chi connectivity index (χ1) is 13.5. The molecule has 1 aromatic carbocycles. The summed E-state index contributed by atoms with van der Waals surface area (Å²) in [6, 6.07) is 10.3. The standard InChI is InChI=1S/C18H21N9O/c1-11(9-20)24-17-12(10-21)7-15(16(22)28)18(26-17)25-13-3-2-4-14(8-13)27-23-6-5-19/h2-8,11,19,27H,9,20H2,1H3,(H2,22,28)(H2,24,25,26)/b19-5?,23-6-. The van der Waals surface area contributed by atoms with Gasteiger partial charge in [-0.05, 0) is 31.2 Å². The van der Waals surface area contributed by atoms with Crippen LogP contribution in [0.1, 0.15) is 22.8 Å². The van der Waals surface area contributed by atoms with E-state index in [2.05, 4.69) is 26.1 Å². The van der Waals surface area contributed by atoms with Gasteiger partial charge >= 0.3 is 0 Å². The maximum Gasteiger partial charge on any atom is 0.252 e. The molecule has 2 rings (SSSR count). The maximum atomic E-state index is 11.9. The molecule has 0 aliphatic heterocycles. The quantitative estimate of drug-likeness (QED) is 0.283. The van der Waals surface area contributed by atoms with Crippen molar-refractivity contribution >= 4 is 41.3 Å². The van der Waals surface area contributed by atoms with Crippen LogP contribution in [-0.4, -0.2) is 35.9 Å². The summed E-state index contributed by atoms with van der Waals surface area (Å²) in [4.78, 5) is 16.2. The highest BCUT2D eigenvalue weighted by molar-refractivity contribution is 6.14. The first-order valence-electron chi connectivity index (χ1n) is 8.35. The molecule has 8 N–H and O–H groups in total. The van der Waals surface area contributed by atoms with Gasteiger partial charge in [0.1, 0.15) is 17.7 Å². The van der Waals surface area contributed by atoms with Gasteiger partial charge in [0.15, 0.2) is 0 Å². The highest BCUT2D eigenvalue weighted by Gasteiger charge is 2.17. The predicted molar refractivity (Wildman–Crippen MR) is 110 cm³/mol. The lowest BCUT2D eigenvalue weighted by Gasteiger charge is -2.17. The average molecular weight is 379 g/mol. The molecule has 28 heavy (non-hydrogen) atoms. The van der Waals surface area contributed by atoms with E-state index in [1.807, 2.05) is 13.0 Å². The fraction of sp³-hybridized carbons (Fsp3) is 0.167. The number of pyridine rings is 1. The highest BCUT2D eigenvalue weighted by Crippen LogP contribution is 2.26. The van der Waals surface area contributed by atoms with Crippen molar-refractivity contribution in [1.82, 2.24) is 4.98 Å². The van der Waals surface area contributed by atoms with E-state index in [-0.39, 0.29) is 23.0 Å². The second-order valence-electron chi connectivity index (χ2n) is 5.80. The van der Waals surface area contributed by atoms with Crippen LogP contribution in [0.15, 0.2) is 35.4 Å². The van der Waals surface area contributed by atoms with Gasteiger partial charge in [-0.15, -0.1) is 0 Å². The summed E-state index contributed by atoms with van der Waals surface area (Å²) in [5, 5.41) is 26.2. The number of nitrogens with one attached hydrogen (secondary N) is 4. The number of amides is 1. The Kier molecular flexibility index (Phi) is 7.01. The molecule has 10 heteroatoms. The summed E-state index contributed by atoms with van der Waals surface area (Å²) >= 11 is 0. The summed E-state index contributed by atoms with van der Waals surface area (Å²) in [5.41, 5.74) is 15.4. The van der Waals surface area contributed by atoms with Crippen LogP contribution in [0.5, 0.6) is 0 Å². The monoisotopic (exact) mass is 379 g/mol. The number of anilines is 4. The second-order valence-corrected chi connectivity index (χ2v) is 5.80. The number of carbonyl (C=O) groups excluding carboxylic acids is 1. The number of hydrogen-bond donors (Lipinski definition) is 6. The molecule has 1 atom stereocenters. The zero-order chi connectivity index (χ0) is 20.5. The topological polar surface area (TPSA) is 178 Å². The van der Waals surface area contributed by atoms with Crippen LogP contribution in [0.25, 0.3) is 0 Å². The van der Waals surface area contributed by atoms with Crippen molar-refractivity contribution in [2.24, 2.45) is 16.6 Å². The minimum atomic E-state index is -0.713. The van der Waals surface area contributed by atoms with Crippen LogP contribution in [0, 0.1) is 16.7 Å². The molecule has 0 saturated carbocycles. The molecule has 0 saturated heterocycles. The average Bonchev–Trinajstić information content (AvgIpc) is 2.68. The Bertz CT molecular complexity index is 933. The third-order valence-corrected chi connectivity index (χ3v) is 3.61. The van der Waals surface area contributed by atoms with Crippen molar-refractivity contribution in [3.63, 3.8) is 0 Å². The number of benzene rings is 1. The number of nitriles is 1. The first kappa shape index (κ1) is 20.3. The summed E-state index contributed by atoms with van der Waals surface area (Å²) < 4.78 is 0. The number of nitrogens with zero attached hydrogens (tertiary/aromatic N) is 3. The van der Waals surface area contributed by atoms with Crippen molar-refractivity contribution in [3.05, 3.63) is 41.5 Å². The van der Waals surface area contributed by atoms with Gasteiger partial charge < -0.3 is 27.5 Å². The van der Waals surface area contributed by atoms with Gasteiger partial charge in [-0.25, -0.2) is 4.98 Å². The van der Waals surface area contributed by atoms with Crippen molar-refractivity contribution in [1.29, 1.82) is 10.7 Å². The number of hydrazone groups is 1. The Morgan fingerprint density at radius 2 is 2.14 bits per heavy atom. The van der Waals surface area contributed by atoms with E-state index in [1.54, 1.807) is 24.3 Å². The Morgan fingerprint density at radius 1 is 1.39 bits per heavy atom. The van der Waals surface area contributed by atoms with E-state index in [1.165, 1.54) is 12.3 Å². The van der Waals surface area contributed by atoms with Crippen LogP contribution in [-0.2, 0) is 0 Å². The zero-order valence-electron chi connectivity index (χ0n) is 15.2. The second kappa shape index (κ2) is 9.65. The van der Waals surface area contributed by atoms with Crippen molar-refractivity contribution in [3.8, 4) is 6.07 Å². The molecule has 0 spiro atoms. The molecular formula is C18H21N9O. The van der Waals surface area contributed by atoms with E-state index < -0.39 is 5.91 Å². The molecule has 0 fully saturated rings. The van der Waals surface area contributed by atoms with Crippen molar-refractivity contribution in [2.45, 2.75) is 13.0 Å². The molecule has 0 aliphatic carbocycles. The fourth-order valence-corrected chi connectivity index (χ4v) is 2.24. The lowest BCUT2D eigenvalue weighted by molar-refractivity contribution is 0.100. The summed E-state index contributed by atoms with van der Waals surface area (Å²) in [6.07, 6.45) is 2.34. The molecule has 10 nitrogen and oxygen atoms in total. The number of aromatic nitrogens is 1. The van der Waals surface area contributed by atoms with E-state index in [4.69, 9.17) is 16.9 Å². The van der Waals surface area contributed by atoms with Gasteiger partial charge in [0.2, 0.25) is 0 Å². The minimum absolute atomic E-state index is 0.0858. The van der Waals surface area contributed by atoms with Gasteiger partial charge in [-0.1, -0.05) is 6.07 Å². The summed E-state index contributed by atoms with van der Waals surface area (Å²) in [7, 11) is 0. The van der Waals surface area contributed by atoms with Crippen LogP contribution in [0.2, 0.25) is 0 Å². The number of nitrogens with two attached hydrogens (primary N) is 2. The van der Waals surface area contributed by atoms with Crippen LogP contribution in [0.4, 0.5) is 23.0 Å². The normalized spacial score (nSPS) is 11.5. The molecule has 2 aromatic rings. The van der Waals surface area contributed by atoms with Crippen LogP contribution in [0.3, 0.4) is 0 Å². The SMILES string of the molecule is CC(CN)Nc1nc(Nc2cccc(N/N=C\C=N)c2)c(C(N)=O)cc1C#N. The van der Waals surface area contributed by atoms with Crippen LogP contribution >= 0.6 is 0 Å². The van der Waals surface area contributed by atoms with Gasteiger partial charge in [-0.3, -0.25) is 10.2 Å². The Balaban J connectivity index is 2.40. The highest BCUT2D eigenvalue weighted by atomic mass is 16.1. The molecule has 1 unspecified atom stereocenters. The first-order valence-corrected chi connectivity index (χ1v) is 8.35. The van der Waals surface area contributed by atoms with Gasteiger partial charge in [0.05, 0.1) is 23.0 Å². The third-order valence-electron chi connectivity index (χ3n) is 3.61. The Labute approximate surface area is 162 Å². The van der Waals surface area contributed by atoms with Gasteiger partial charge in [-0.2, -0.15) is 10.4 Å². The van der Waals surface area contributed by atoms with Gasteiger partial charge in [0.25, 0.3) is 5.91 Å². The minimum Gasteiger partial charge on any atom is -0.365 e. The van der Waals surface area contributed by atoms with Gasteiger partial charge in [0, 0.05) is 24.5 Å². The molecule has 1 heterocycles. The number of carbonyl (C=O) groups is 1. The van der Waals surface area contributed by atoms with E-state index in [0.29, 0.717) is 23.7 Å². The van der Waals surface area contributed by atoms with E-state index in [9.17, 15) is 10.1 Å². The third kappa shape index (κ3) is 5.26. The smallest absolute Gasteiger partial charge is 0.252 e. The maximum absolute atomic E-state index is 11.9. The summed E-state index contributed by atoms with van der Waals surface area (Å²) in [5.74, 6) is -0.203. The molecule has 0 aliphatic rings. The zero-order valence-corrected chi connectivity index (χ0v) is 15.2. The Morgan fingerprint density at radius 3 is 2.79 bits per heavy atom. The number of rotatable bonds is 9. The lowest BCUT2D eigenvalue weighted by Crippen LogP contribution is -2.26. The van der Waals surface area contributed by atoms with E-state index >= 15 is 0 Å².